The zero-order chi connectivity index (χ0) is 14.4. The van der Waals surface area contributed by atoms with Crippen LogP contribution in [-0.4, -0.2) is 11.7 Å². The molecule has 2 aromatic rings. The molecule has 0 radical (unpaired) electrons. The molecule has 2 aromatic carbocycles. The summed E-state index contributed by atoms with van der Waals surface area (Å²) in [6.45, 7) is -0.0449. The van der Waals surface area contributed by atoms with Gasteiger partial charge in [-0.3, -0.25) is 0 Å². The van der Waals surface area contributed by atoms with Crippen LogP contribution in [0.3, 0.4) is 0 Å². The lowest BCUT2D eigenvalue weighted by molar-refractivity contribution is 0.305. The number of ether oxygens (including phenoxy) is 1. The van der Waals surface area contributed by atoms with Gasteiger partial charge in [-0.1, -0.05) is 29.5 Å². The van der Waals surface area contributed by atoms with E-state index in [1.807, 2.05) is 0 Å². The molecular weight excluding hydrogens is 279 g/mol. The summed E-state index contributed by atoms with van der Waals surface area (Å²) in [5, 5.41) is 9.22. The summed E-state index contributed by atoms with van der Waals surface area (Å²) in [6, 6.07) is 11.4. The van der Waals surface area contributed by atoms with Crippen LogP contribution >= 0.6 is 11.6 Å². The molecule has 4 heteroatoms. The Morgan fingerprint density at radius 2 is 2.05 bits per heavy atom. The molecule has 2 nitrogen and oxygen atoms in total. The van der Waals surface area contributed by atoms with E-state index in [0.717, 1.165) is 0 Å². The van der Waals surface area contributed by atoms with Gasteiger partial charge in [0.1, 0.15) is 24.8 Å². The van der Waals surface area contributed by atoms with Gasteiger partial charge in [0.25, 0.3) is 0 Å². The standard InChI is InChI=1S/C16H12ClFO2/c17-14-4-1-5-16(10-14)20-11-13-7-12(3-2-6-19)8-15(18)9-13/h1,4-5,7-10,19H,6,11H2. The summed E-state index contributed by atoms with van der Waals surface area (Å²) in [5.41, 5.74) is 1.16. The molecule has 1 N–H and O–H groups in total. The van der Waals surface area contributed by atoms with Crippen molar-refractivity contribution in [1.82, 2.24) is 0 Å². The third-order valence-corrected chi connectivity index (χ3v) is 2.71. The van der Waals surface area contributed by atoms with Crippen molar-refractivity contribution in [2.24, 2.45) is 0 Å². The largest absolute Gasteiger partial charge is 0.489 e. The Hall–Kier alpha value is -2.02. The van der Waals surface area contributed by atoms with Crippen LogP contribution in [0.1, 0.15) is 11.1 Å². The quantitative estimate of drug-likeness (QED) is 0.878. The maximum absolute atomic E-state index is 13.4. The molecule has 0 aliphatic heterocycles. The molecule has 0 atom stereocenters. The van der Waals surface area contributed by atoms with Gasteiger partial charge in [-0.05, 0) is 42.0 Å². The first kappa shape index (κ1) is 14.4. The summed E-state index contributed by atoms with van der Waals surface area (Å²) in [7, 11) is 0. The highest BCUT2D eigenvalue weighted by atomic mass is 35.5. The summed E-state index contributed by atoms with van der Waals surface area (Å²) >= 11 is 5.85. The fourth-order valence-electron chi connectivity index (χ4n) is 1.67. The van der Waals surface area contributed by atoms with Crippen molar-refractivity contribution >= 4 is 11.6 Å². The van der Waals surface area contributed by atoms with E-state index in [4.69, 9.17) is 21.4 Å². The lowest BCUT2D eigenvalue weighted by Crippen LogP contribution is -1.97. The molecule has 0 unspecified atom stereocenters. The van der Waals surface area contributed by atoms with Crippen LogP contribution in [-0.2, 0) is 6.61 Å². The lowest BCUT2D eigenvalue weighted by Gasteiger charge is -2.07. The topological polar surface area (TPSA) is 29.5 Å². The lowest BCUT2D eigenvalue weighted by atomic mass is 10.1. The fraction of sp³-hybridized carbons (Fsp3) is 0.125. The molecule has 0 aliphatic carbocycles. The van der Waals surface area contributed by atoms with Crippen LogP contribution in [0, 0.1) is 17.7 Å². The molecule has 0 amide bonds. The van der Waals surface area contributed by atoms with Crippen molar-refractivity contribution in [3.05, 3.63) is 64.4 Å². The second-order valence-electron chi connectivity index (χ2n) is 4.05. The van der Waals surface area contributed by atoms with Crippen molar-refractivity contribution < 1.29 is 14.2 Å². The Balaban J connectivity index is 2.11. The van der Waals surface area contributed by atoms with Gasteiger partial charge in [-0.25, -0.2) is 4.39 Å². The monoisotopic (exact) mass is 290 g/mol. The van der Waals surface area contributed by atoms with Crippen molar-refractivity contribution in [2.45, 2.75) is 6.61 Å². The van der Waals surface area contributed by atoms with E-state index in [1.54, 1.807) is 30.3 Å². The molecule has 0 spiro atoms. The van der Waals surface area contributed by atoms with Crippen molar-refractivity contribution in [3.8, 4) is 17.6 Å². The van der Waals surface area contributed by atoms with E-state index in [-0.39, 0.29) is 19.0 Å². The average Bonchev–Trinajstić information content (AvgIpc) is 2.42. The normalized spacial score (nSPS) is 9.75. The van der Waals surface area contributed by atoms with Crippen molar-refractivity contribution in [1.29, 1.82) is 0 Å². The molecule has 0 saturated carbocycles. The smallest absolute Gasteiger partial charge is 0.124 e. The van der Waals surface area contributed by atoms with E-state index < -0.39 is 0 Å². The molecule has 102 valence electrons. The summed E-state index contributed by atoms with van der Waals surface area (Å²) in [6.07, 6.45) is 0. The number of rotatable bonds is 3. The van der Waals surface area contributed by atoms with Gasteiger partial charge >= 0.3 is 0 Å². The summed E-state index contributed by atoms with van der Waals surface area (Å²) in [5.74, 6) is 5.37. The number of hydrogen-bond donors (Lipinski definition) is 1. The van der Waals surface area contributed by atoms with Gasteiger partial charge < -0.3 is 9.84 Å². The zero-order valence-corrected chi connectivity index (χ0v) is 11.3. The first-order chi connectivity index (χ1) is 9.67. The molecule has 0 bridgehead atoms. The first-order valence-corrected chi connectivity index (χ1v) is 6.33. The third kappa shape index (κ3) is 4.27. The minimum Gasteiger partial charge on any atom is -0.489 e. The van der Waals surface area contributed by atoms with E-state index in [1.165, 1.54) is 12.1 Å². The molecule has 0 aromatic heterocycles. The van der Waals surface area contributed by atoms with Crippen LogP contribution < -0.4 is 4.74 Å². The number of aliphatic hydroxyl groups is 1. The molecule has 20 heavy (non-hydrogen) atoms. The van der Waals surface area contributed by atoms with E-state index in [0.29, 0.717) is 21.9 Å². The predicted molar refractivity (Wildman–Crippen MR) is 76.1 cm³/mol. The first-order valence-electron chi connectivity index (χ1n) is 5.95. The average molecular weight is 291 g/mol. The van der Waals surface area contributed by atoms with E-state index >= 15 is 0 Å². The minimum atomic E-state index is -0.389. The Morgan fingerprint density at radius 1 is 1.20 bits per heavy atom. The van der Waals surface area contributed by atoms with Crippen LogP contribution in [0.25, 0.3) is 0 Å². The maximum Gasteiger partial charge on any atom is 0.124 e. The van der Waals surface area contributed by atoms with Gasteiger partial charge in [-0.15, -0.1) is 0 Å². The Bertz CT molecular complexity index is 659. The van der Waals surface area contributed by atoms with Crippen molar-refractivity contribution in [2.75, 3.05) is 6.61 Å². The Morgan fingerprint density at radius 3 is 2.80 bits per heavy atom. The van der Waals surface area contributed by atoms with Crippen LogP contribution in [0.2, 0.25) is 5.02 Å². The Labute approximate surface area is 121 Å². The number of hydrogen-bond acceptors (Lipinski definition) is 2. The number of aliphatic hydroxyl groups excluding tert-OH is 1. The summed E-state index contributed by atoms with van der Waals surface area (Å²) in [4.78, 5) is 0. The highest BCUT2D eigenvalue weighted by Crippen LogP contribution is 2.19. The number of benzene rings is 2. The SMILES string of the molecule is OCC#Cc1cc(F)cc(COc2cccc(Cl)c2)c1. The number of halogens is 2. The second-order valence-corrected chi connectivity index (χ2v) is 4.49. The van der Waals surface area contributed by atoms with Gasteiger partial charge in [0.2, 0.25) is 0 Å². The minimum absolute atomic E-state index is 0.214. The predicted octanol–water partition coefficient (Wildman–Crippen LogP) is 3.40. The van der Waals surface area contributed by atoms with Crippen LogP contribution in [0.4, 0.5) is 4.39 Å². The molecule has 2 rings (SSSR count). The molecule has 0 aliphatic rings. The van der Waals surface area contributed by atoms with Crippen LogP contribution in [0.5, 0.6) is 5.75 Å². The molecular formula is C16H12ClFO2. The Kier molecular flexibility index (Phi) is 5.00. The van der Waals surface area contributed by atoms with Gasteiger partial charge in [0, 0.05) is 10.6 Å². The van der Waals surface area contributed by atoms with Gasteiger partial charge in [0.15, 0.2) is 0 Å². The zero-order valence-electron chi connectivity index (χ0n) is 10.6. The van der Waals surface area contributed by atoms with Gasteiger partial charge in [-0.2, -0.15) is 0 Å². The third-order valence-electron chi connectivity index (χ3n) is 2.47. The van der Waals surface area contributed by atoms with E-state index in [9.17, 15) is 4.39 Å². The van der Waals surface area contributed by atoms with E-state index in [2.05, 4.69) is 11.8 Å². The molecule has 0 saturated heterocycles. The summed E-state index contributed by atoms with van der Waals surface area (Å²) < 4.78 is 19.0. The molecule has 0 heterocycles. The van der Waals surface area contributed by atoms with Crippen LogP contribution in [0.15, 0.2) is 42.5 Å². The second kappa shape index (κ2) is 6.95. The highest BCUT2D eigenvalue weighted by molar-refractivity contribution is 6.30. The fourth-order valence-corrected chi connectivity index (χ4v) is 1.85. The highest BCUT2D eigenvalue weighted by Gasteiger charge is 2.01. The van der Waals surface area contributed by atoms with Crippen molar-refractivity contribution in [3.63, 3.8) is 0 Å². The van der Waals surface area contributed by atoms with Gasteiger partial charge in [0.05, 0.1) is 0 Å². The maximum atomic E-state index is 13.4. The molecule has 0 fully saturated rings.